The number of anilines is 1. The van der Waals surface area contributed by atoms with Crippen LogP contribution < -0.4 is 10.6 Å². The fourth-order valence-electron chi connectivity index (χ4n) is 1.87. The minimum atomic E-state index is -0.558. The van der Waals surface area contributed by atoms with E-state index in [-0.39, 0.29) is 24.7 Å². The van der Waals surface area contributed by atoms with Gasteiger partial charge in [0.1, 0.15) is 5.60 Å². The van der Waals surface area contributed by atoms with E-state index in [9.17, 15) is 14.4 Å². The second kappa shape index (κ2) is 9.66. The van der Waals surface area contributed by atoms with Crippen molar-refractivity contribution in [3.63, 3.8) is 0 Å². The highest BCUT2D eigenvalue weighted by atomic mass is 16.6. The number of nitrogens with one attached hydrogen (secondary N) is 2. The fraction of sp³-hybridized carbons (Fsp3) is 0.500. The Morgan fingerprint density at radius 2 is 1.68 bits per heavy atom. The maximum absolute atomic E-state index is 11.7. The first-order chi connectivity index (χ1) is 11.7. The maximum Gasteiger partial charge on any atom is 0.412 e. The highest BCUT2D eigenvalue weighted by Crippen LogP contribution is 2.13. The van der Waals surface area contributed by atoms with Crippen molar-refractivity contribution in [2.45, 2.75) is 52.7 Å². The van der Waals surface area contributed by atoms with Crippen molar-refractivity contribution < 1.29 is 23.9 Å². The van der Waals surface area contributed by atoms with Gasteiger partial charge in [0.2, 0.25) is 5.91 Å². The van der Waals surface area contributed by atoms with Crippen LogP contribution in [0.15, 0.2) is 24.3 Å². The zero-order valence-corrected chi connectivity index (χ0v) is 15.2. The van der Waals surface area contributed by atoms with Crippen LogP contribution in [0.3, 0.4) is 0 Å². The molecule has 0 aliphatic carbocycles. The Labute approximate surface area is 148 Å². The van der Waals surface area contributed by atoms with E-state index in [0.717, 1.165) is 5.56 Å². The van der Waals surface area contributed by atoms with Gasteiger partial charge in [-0.2, -0.15) is 0 Å². The van der Waals surface area contributed by atoms with Gasteiger partial charge in [-0.25, -0.2) is 4.79 Å². The second-order valence-corrected chi connectivity index (χ2v) is 6.41. The summed E-state index contributed by atoms with van der Waals surface area (Å²) in [5, 5.41) is 5.36. The number of hydrogen-bond donors (Lipinski definition) is 2. The lowest BCUT2D eigenvalue weighted by atomic mass is 10.2. The first-order valence-electron chi connectivity index (χ1n) is 8.21. The summed E-state index contributed by atoms with van der Waals surface area (Å²) < 4.78 is 9.94. The van der Waals surface area contributed by atoms with Gasteiger partial charge in [-0.15, -0.1) is 0 Å². The average molecular weight is 350 g/mol. The zero-order chi connectivity index (χ0) is 18.9. The van der Waals surface area contributed by atoms with Gasteiger partial charge >= 0.3 is 12.1 Å². The monoisotopic (exact) mass is 350 g/mol. The molecule has 0 atom stereocenters. The molecule has 1 aromatic rings. The minimum Gasteiger partial charge on any atom is -0.466 e. The van der Waals surface area contributed by atoms with E-state index < -0.39 is 11.7 Å². The van der Waals surface area contributed by atoms with E-state index in [1.165, 1.54) is 0 Å². The maximum atomic E-state index is 11.7. The Morgan fingerprint density at radius 1 is 1.04 bits per heavy atom. The number of carbonyl (C=O) groups is 3. The summed E-state index contributed by atoms with van der Waals surface area (Å²) >= 11 is 0. The number of carbonyl (C=O) groups excluding carboxylic acids is 3. The quantitative estimate of drug-likeness (QED) is 0.737. The molecule has 1 rings (SSSR count). The number of esters is 1. The van der Waals surface area contributed by atoms with E-state index in [1.54, 1.807) is 52.0 Å². The molecular weight excluding hydrogens is 324 g/mol. The first kappa shape index (κ1) is 20.5. The van der Waals surface area contributed by atoms with Gasteiger partial charge in [0.25, 0.3) is 0 Å². The molecule has 0 bridgehead atoms. The molecule has 0 heterocycles. The molecular formula is C18H26N2O5. The summed E-state index contributed by atoms with van der Waals surface area (Å²) in [7, 11) is 0. The lowest BCUT2D eigenvalue weighted by molar-refractivity contribution is -0.144. The molecule has 138 valence electrons. The summed E-state index contributed by atoms with van der Waals surface area (Å²) in [5.41, 5.74) is 0.920. The molecule has 2 N–H and O–H groups in total. The second-order valence-electron chi connectivity index (χ2n) is 6.41. The Kier molecular flexibility index (Phi) is 7.91. The van der Waals surface area contributed by atoms with E-state index in [2.05, 4.69) is 10.6 Å². The van der Waals surface area contributed by atoms with Crippen molar-refractivity contribution in [2.75, 3.05) is 11.9 Å². The molecule has 0 aromatic heterocycles. The highest BCUT2D eigenvalue weighted by Gasteiger charge is 2.16. The zero-order valence-electron chi connectivity index (χ0n) is 15.2. The molecule has 0 aliphatic rings. The summed E-state index contributed by atoms with van der Waals surface area (Å²) in [6.07, 6.45) is -0.359. The normalized spacial score (nSPS) is 10.7. The number of amides is 2. The SMILES string of the molecule is CCOC(=O)CCC(=O)NCc1ccc(NC(=O)OC(C)(C)C)cc1. The van der Waals surface area contributed by atoms with Crippen LogP contribution in [-0.2, 0) is 25.6 Å². The molecule has 0 spiro atoms. The third-order valence-corrected chi connectivity index (χ3v) is 2.95. The van der Waals surface area contributed by atoms with E-state index in [1.807, 2.05) is 0 Å². The van der Waals surface area contributed by atoms with Gasteiger partial charge in [0.05, 0.1) is 13.0 Å². The van der Waals surface area contributed by atoms with Crippen LogP contribution in [0.2, 0.25) is 0 Å². The largest absolute Gasteiger partial charge is 0.466 e. The molecule has 0 aliphatic heterocycles. The molecule has 0 unspecified atom stereocenters. The number of benzene rings is 1. The lowest BCUT2D eigenvalue weighted by Crippen LogP contribution is -2.27. The van der Waals surface area contributed by atoms with Crippen molar-refractivity contribution in [1.29, 1.82) is 0 Å². The van der Waals surface area contributed by atoms with Crippen LogP contribution in [0.1, 0.15) is 46.1 Å². The number of rotatable bonds is 7. The third kappa shape index (κ3) is 9.34. The van der Waals surface area contributed by atoms with Gasteiger partial charge in [0.15, 0.2) is 0 Å². The summed E-state index contributed by atoms with van der Waals surface area (Å²) in [6.45, 7) is 7.75. The first-order valence-corrected chi connectivity index (χ1v) is 8.21. The van der Waals surface area contributed by atoms with Gasteiger partial charge in [0, 0.05) is 18.7 Å². The molecule has 7 heteroatoms. The van der Waals surface area contributed by atoms with Crippen molar-refractivity contribution in [3.8, 4) is 0 Å². The summed E-state index contributed by atoms with van der Waals surface area (Å²) in [4.78, 5) is 34.5. The molecule has 25 heavy (non-hydrogen) atoms. The van der Waals surface area contributed by atoms with Crippen molar-refractivity contribution in [1.82, 2.24) is 5.32 Å². The van der Waals surface area contributed by atoms with Crippen LogP contribution in [0.25, 0.3) is 0 Å². The molecule has 7 nitrogen and oxygen atoms in total. The van der Waals surface area contributed by atoms with Crippen molar-refractivity contribution >= 4 is 23.7 Å². The molecule has 1 aromatic carbocycles. The Morgan fingerprint density at radius 3 is 2.24 bits per heavy atom. The third-order valence-electron chi connectivity index (χ3n) is 2.95. The standard InChI is InChI=1S/C18H26N2O5/c1-5-24-16(22)11-10-15(21)19-12-13-6-8-14(9-7-13)20-17(23)25-18(2,3)4/h6-9H,5,10-12H2,1-4H3,(H,19,21)(H,20,23). The van der Waals surface area contributed by atoms with Crippen LogP contribution >= 0.6 is 0 Å². The Bertz CT molecular complexity index is 590. The lowest BCUT2D eigenvalue weighted by Gasteiger charge is -2.19. The molecule has 0 fully saturated rings. The number of hydrogen-bond acceptors (Lipinski definition) is 5. The number of ether oxygens (including phenoxy) is 2. The van der Waals surface area contributed by atoms with Crippen LogP contribution in [-0.4, -0.2) is 30.2 Å². The smallest absolute Gasteiger partial charge is 0.412 e. The van der Waals surface area contributed by atoms with E-state index in [0.29, 0.717) is 18.8 Å². The molecule has 2 amide bonds. The van der Waals surface area contributed by atoms with Crippen molar-refractivity contribution in [2.24, 2.45) is 0 Å². The van der Waals surface area contributed by atoms with Crippen molar-refractivity contribution in [3.05, 3.63) is 29.8 Å². The highest BCUT2D eigenvalue weighted by molar-refractivity contribution is 5.85. The minimum absolute atomic E-state index is 0.0679. The molecule has 0 radical (unpaired) electrons. The predicted molar refractivity (Wildman–Crippen MR) is 94.0 cm³/mol. The van der Waals surface area contributed by atoms with Gasteiger partial charge in [-0.05, 0) is 45.4 Å². The Balaban J connectivity index is 2.38. The van der Waals surface area contributed by atoms with Crippen LogP contribution in [0.4, 0.5) is 10.5 Å². The molecule has 0 saturated heterocycles. The van der Waals surface area contributed by atoms with Gasteiger partial charge < -0.3 is 14.8 Å². The summed E-state index contributed by atoms with van der Waals surface area (Å²) in [5.74, 6) is -0.598. The van der Waals surface area contributed by atoms with Crippen LogP contribution in [0, 0.1) is 0 Å². The van der Waals surface area contributed by atoms with Gasteiger partial charge in [-0.3, -0.25) is 14.9 Å². The predicted octanol–water partition coefficient (Wildman–Crippen LogP) is 2.99. The topological polar surface area (TPSA) is 93.7 Å². The van der Waals surface area contributed by atoms with Gasteiger partial charge in [-0.1, -0.05) is 12.1 Å². The van der Waals surface area contributed by atoms with E-state index >= 15 is 0 Å². The Hall–Kier alpha value is -2.57. The molecule has 0 saturated carbocycles. The van der Waals surface area contributed by atoms with E-state index in [4.69, 9.17) is 9.47 Å². The van der Waals surface area contributed by atoms with Crippen LogP contribution in [0.5, 0.6) is 0 Å². The fourth-order valence-corrected chi connectivity index (χ4v) is 1.87. The summed E-state index contributed by atoms with van der Waals surface area (Å²) in [6, 6.07) is 7.03. The average Bonchev–Trinajstić information content (AvgIpc) is 2.50.